The monoisotopic (exact) mass is 405 g/mol. The van der Waals surface area contributed by atoms with Crippen LogP contribution in [0.5, 0.6) is 0 Å². The lowest BCUT2D eigenvalue weighted by Crippen LogP contribution is -2.53. The van der Waals surface area contributed by atoms with Gasteiger partial charge in [-0.05, 0) is 68.5 Å². The number of hydrogen-bond donors (Lipinski definition) is 0. The van der Waals surface area contributed by atoms with E-state index in [0.717, 1.165) is 6.04 Å². The second-order valence-corrected chi connectivity index (χ2v) is 9.10. The predicted octanol–water partition coefficient (Wildman–Crippen LogP) is 4.86. The van der Waals surface area contributed by atoms with Crippen LogP contribution in [0.4, 0.5) is 5.69 Å². The number of anilines is 1. The molecule has 2 fully saturated rings. The summed E-state index contributed by atoms with van der Waals surface area (Å²) in [6, 6.07) is 21.1. The molecule has 162 valence electrons. The van der Waals surface area contributed by atoms with Crippen molar-refractivity contribution in [2.24, 2.45) is 0 Å². The van der Waals surface area contributed by atoms with Gasteiger partial charge in [0, 0.05) is 44.5 Å². The maximum atomic E-state index is 2.76. The zero-order valence-electron chi connectivity index (χ0n) is 18.8. The predicted molar refractivity (Wildman–Crippen MR) is 128 cm³/mol. The third kappa shape index (κ3) is 5.86. The van der Waals surface area contributed by atoms with Crippen molar-refractivity contribution in [1.82, 2.24) is 9.80 Å². The molecule has 4 rings (SSSR count). The molecule has 0 aromatic heterocycles. The van der Waals surface area contributed by atoms with E-state index in [4.69, 9.17) is 0 Å². The first-order valence-corrected chi connectivity index (χ1v) is 12.2. The quantitative estimate of drug-likeness (QED) is 0.621. The van der Waals surface area contributed by atoms with Crippen LogP contribution in [0, 0.1) is 0 Å². The molecular weight excluding hydrogens is 366 g/mol. The molecule has 2 aliphatic rings. The zero-order valence-corrected chi connectivity index (χ0v) is 18.8. The minimum absolute atomic E-state index is 0.788. The van der Waals surface area contributed by atoms with Gasteiger partial charge >= 0.3 is 0 Å². The van der Waals surface area contributed by atoms with E-state index >= 15 is 0 Å². The van der Waals surface area contributed by atoms with Gasteiger partial charge in [0.1, 0.15) is 0 Å². The van der Waals surface area contributed by atoms with E-state index in [9.17, 15) is 0 Å². The van der Waals surface area contributed by atoms with Gasteiger partial charge in [-0.3, -0.25) is 4.90 Å². The number of piperazine rings is 1. The Balaban J connectivity index is 1.18. The number of piperidine rings is 1. The minimum Gasteiger partial charge on any atom is -0.369 e. The second-order valence-electron chi connectivity index (χ2n) is 9.10. The summed E-state index contributed by atoms with van der Waals surface area (Å²) in [5.74, 6) is 0. The number of nitrogens with zero attached hydrogens (tertiary/aromatic N) is 3. The highest BCUT2D eigenvalue weighted by molar-refractivity contribution is 5.48. The van der Waals surface area contributed by atoms with Crippen molar-refractivity contribution in [3.8, 4) is 0 Å². The van der Waals surface area contributed by atoms with Crippen LogP contribution in [-0.4, -0.2) is 61.7 Å². The molecule has 0 N–H and O–H groups in total. The number of rotatable bonds is 8. The smallest absolute Gasteiger partial charge is 0.0367 e. The van der Waals surface area contributed by atoms with Crippen molar-refractivity contribution in [3.05, 3.63) is 65.7 Å². The number of likely N-dealkylation sites (tertiary alicyclic amines) is 1. The minimum atomic E-state index is 0.788. The van der Waals surface area contributed by atoms with Crippen LogP contribution in [0.25, 0.3) is 0 Å². The molecule has 0 bridgehead atoms. The Hall–Kier alpha value is -1.84. The Kier molecular flexibility index (Phi) is 7.82. The fourth-order valence-electron chi connectivity index (χ4n) is 5.04. The SMILES string of the molecule is CCCCc1ccc(N2CCN(C3CCN(CCc4ccccc4)CC3)CC2)cc1. The highest BCUT2D eigenvalue weighted by Gasteiger charge is 2.27. The molecular formula is C27H39N3. The number of hydrogen-bond acceptors (Lipinski definition) is 3. The lowest BCUT2D eigenvalue weighted by Gasteiger charge is -2.43. The first kappa shape index (κ1) is 21.4. The molecule has 2 aromatic carbocycles. The van der Waals surface area contributed by atoms with E-state index in [1.54, 1.807) is 0 Å². The maximum Gasteiger partial charge on any atom is 0.0367 e. The molecule has 2 heterocycles. The molecule has 0 unspecified atom stereocenters. The summed E-state index contributed by atoms with van der Waals surface area (Å²) in [4.78, 5) is 8.01. The number of aryl methyl sites for hydroxylation is 1. The van der Waals surface area contributed by atoms with E-state index in [1.165, 1.54) is 101 Å². The summed E-state index contributed by atoms with van der Waals surface area (Å²) in [6.07, 6.45) is 7.64. The first-order chi connectivity index (χ1) is 14.8. The summed E-state index contributed by atoms with van der Waals surface area (Å²) in [5, 5.41) is 0. The normalized spacial score (nSPS) is 19.3. The van der Waals surface area contributed by atoms with Crippen molar-refractivity contribution in [2.45, 2.75) is 51.5 Å². The van der Waals surface area contributed by atoms with E-state index in [-0.39, 0.29) is 0 Å². The summed E-state index contributed by atoms with van der Waals surface area (Å²) in [6.45, 7) is 10.8. The summed E-state index contributed by atoms with van der Waals surface area (Å²) in [7, 11) is 0. The van der Waals surface area contributed by atoms with E-state index in [0.29, 0.717) is 0 Å². The molecule has 0 saturated carbocycles. The zero-order chi connectivity index (χ0) is 20.6. The van der Waals surface area contributed by atoms with Crippen LogP contribution in [-0.2, 0) is 12.8 Å². The van der Waals surface area contributed by atoms with Crippen LogP contribution in [0.2, 0.25) is 0 Å². The third-order valence-corrected chi connectivity index (χ3v) is 7.07. The molecule has 3 nitrogen and oxygen atoms in total. The Bertz CT molecular complexity index is 726. The topological polar surface area (TPSA) is 9.72 Å². The molecule has 30 heavy (non-hydrogen) atoms. The van der Waals surface area contributed by atoms with E-state index < -0.39 is 0 Å². The van der Waals surface area contributed by atoms with Crippen LogP contribution in [0.3, 0.4) is 0 Å². The van der Waals surface area contributed by atoms with Crippen molar-refractivity contribution in [1.29, 1.82) is 0 Å². The fraction of sp³-hybridized carbons (Fsp3) is 0.556. The summed E-state index contributed by atoms with van der Waals surface area (Å²) in [5.41, 5.74) is 4.36. The molecule has 0 amide bonds. The molecule has 2 aromatic rings. The highest BCUT2D eigenvalue weighted by Crippen LogP contribution is 2.22. The molecule has 2 saturated heterocycles. The summed E-state index contributed by atoms with van der Waals surface area (Å²) >= 11 is 0. The largest absolute Gasteiger partial charge is 0.369 e. The van der Waals surface area contributed by atoms with Crippen LogP contribution in [0.1, 0.15) is 43.7 Å². The summed E-state index contributed by atoms with van der Waals surface area (Å²) < 4.78 is 0. The Morgan fingerprint density at radius 1 is 0.733 bits per heavy atom. The molecule has 0 atom stereocenters. The molecule has 0 aliphatic carbocycles. The standard InChI is InChI=1S/C27H39N3/c1-2-3-7-25-10-12-26(13-11-25)29-20-22-30(23-21-29)27-15-18-28(19-16-27)17-14-24-8-5-4-6-9-24/h4-6,8-13,27H,2-3,7,14-23H2,1H3. The Morgan fingerprint density at radius 3 is 2.07 bits per heavy atom. The maximum absolute atomic E-state index is 2.76. The average molecular weight is 406 g/mol. The van der Waals surface area contributed by atoms with Gasteiger partial charge in [0.05, 0.1) is 0 Å². The lowest BCUT2D eigenvalue weighted by atomic mass is 10.0. The van der Waals surface area contributed by atoms with Crippen molar-refractivity contribution < 1.29 is 0 Å². The molecule has 2 aliphatic heterocycles. The van der Waals surface area contributed by atoms with E-state index in [1.807, 2.05) is 0 Å². The number of benzene rings is 2. The van der Waals surface area contributed by atoms with Crippen LogP contribution >= 0.6 is 0 Å². The Labute approximate surface area is 183 Å². The van der Waals surface area contributed by atoms with E-state index in [2.05, 4.69) is 76.2 Å². The van der Waals surface area contributed by atoms with Gasteiger partial charge < -0.3 is 9.80 Å². The van der Waals surface area contributed by atoms with Crippen molar-refractivity contribution in [2.75, 3.05) is 50.7 Å². The number of unbranched alkanes of at least 4 members (excludes halogenated alkanes) is 1. The molecule has 0 spiro atoms. The fourth-order valence-corrected chi connectivity index (χ4v) is 5.04. The molecule has 0 radical (unpaired) electrons. The van der Waals surface area contributed by atoms with Gasteiger partial charge in [0.25, 0.3) is 0 Å². The first-order valence-electron chi connectivity index (χ1n) is 12.2. The molecule has 3 heteroatoms. The Morgan fingerprint density at radius 2 is 1.40 bits per heavy atom. The lowest BCUT2D eigenvalue weighted by molar-refractivity contribution is 0.104. The van der Waals surface area contributed by atoms with Crippen LogP contribution in [0.15, 0.2) is 54.6 Å². The van der Waals surface area contributed by atoms with Crippen LogP contribution < -0.4 is 4.90 Å². The third-order valence-electron chi connectivity index (χ3n) is 7.07. The second kappa shape index (κ2) is 11.0. The van der Waals surface area contributed by atoms with Gasteiger partial charge in [-0.25, -0.2) is 0 Å². The van der Waals surface area contributed by atoms with Gasteiger partial charge in [-0.1, -0.05) is 55.8 Å². The van der Waals surface area contributed by atoms with Gasteiger partial charge in [0.15, 0.2) is 0 Å². The van der Waals surface area contributed by atoms with Gasteiger partial charge in [0.2, 0.25) is 0 Å². The van der Waals surface area contributed by atoms with Gasteiger partial charge in [-0.2, -0.15) is 0 Å². The average Bonchev–Trinajstić information content (AvgIpc) is 2.83. The van der Waals surface area contributed by atoms with Crippen molar-refractivity contribution in [3.63, 3.8) is 0 Å². The highest BCUT2D eigenvalue weighted by atomic mass is 15.3. The van der Waals surface area contributed by atoms with Gasteiger partial charge in [-0.15, -0.1) is 0 Å². The van der Waals surface area contributed by atoms with Crippen molar-refractivity contribution >= 4 is 5.69 Å².